The minimum atomic E-state index is -0.422. The second-order valence-electron chi connectivity index (χ2n) is 11.2. The molecule has 0 bridgehead atoms. The summed E-state index contributed by atoms with van der Waals surface area (Å²) < 4.78 is 61.2. The molecule has 0 aliphatic heterocycles. The smallest absolute Gasteiger partial charge is 0.164 e. The van der Waals surface area contributed by atoms with Crippen molar-refractivity contribution < 1.29 is 9.60 Å². The van der Waals surface area contributed by atoms with E-state index in [1.165, 1.54) is 10.8 Å². The van der Waals surface area contributed by atoms with Gasteiger partial charge in [-0.15, -0.1) is 11.3 Å². The third-order valence-corrected chi connectivity index (χ3v) is 9.28. The average molecular weight is 625 g/mol. The average Bonchev–Trinajstić information content (AvgIpc) is 3.62. The van der Waals surface area contributed by atoms with Gasteiger partial charge in [-0.1, -0.05) is 139 Å². The van der Waals surface area contributed by atoms with E-state index in [9.17, 15) is 0 Å². The van der Waals surface area contributed by atoms with Crippen molar-refractivity contribution in [3.63, 3.8) is 0 Å². The van der Waals surface area contributed by atoms with Crippen LogP contribution in [-0.2, 0) is 0 Å². The van der Waals surface area contributed by atoms with E-state index >= 15 is 0 Å². The van der Waals surface area contributed by atoms with Crippen molar-refractivity contribution in [2.45, 2.75) is 0 Å². The van der Waals surface area contributed by atoms with Crippen molar-refractivity contribution >= 4 is 42.3 Å². The zero-order valence-corrected chi connectivity index (χ0v) is 25.6. The molecule has 3 nitrogen and oxygen atoms in total. The van der Waals surface area contributed by atoms with Crippen molar-refractivity contribution in [2.75, 3.05) is 0 Å². The molecule has 7 aromatic carbocycles. The maximum atomic E-state index is 9.11. The number of hydrogen-bond acceptors (Lipinski definition) is 4. The van der Waals surface area contributed by atoms with E-state index in [0.717, 1.165) is 33.6 Å². The zero-order valence-electron chi connectivity index (χ0n) is 31.8. The summed E-state index contributed by atoms with van der Waals surface area (Å²) >= 11 is 1.01. The van der Waals surface area contributed by atoms with Crippen molar-refractivity contribution in [1.29, 1.82) is 0 Å². The predicted molar refractivity (Wildman–Crippen MR) is 197 cm³/mol. The van der Waals surface area contributed by atoms with Crippen LogP contribution in [0.4, 0.5) is 0 Å². The summed E-state index contributed by atoms with van der Waals surface area (Å²) in [6.45, 7) is 0. The maximum Gasteiger partial charge on any atom is 0.164 e. The Morgan fingerprint density at radius 1 is 0.426 bits per heavy atom. The van der Waals surface area contributed by atoms with Gasteiger partial charge in [0.2, 0.25) is 0 Å². The Morgan fingerprint density at radius 2 is 1.04 bits per heavy atom. The van der Waals surface area contributed by atoms with Crippen LogP contribution >= 0.6 is 11.3 Å². The molecule has 9 rings (SSSR count). The van der Waals surface area contributed by atoms with Gasteiger partial charge in [-0.05, 0) is 57.2 Å². The van der Waals surface area contributed by atoms with Gasteiger partial charge in [-0.2, -0.15) is 0 Å². The van der Waals surface area contributed by atoms with E-state index in [-0.39, 0.29) is 67.8 Å². The minimum Gasteiger partial charge on any atom is -0.208 e. The summed E-state index contributed by atoms with van der Waals surface area (Å²) in [4.78, 5) is 14.6. The van der Waals surface area contributed by atoms with Crippen molar-refractivity contribution in [3.8, 4) is 56.4 Å². The number of hydrogen-bond donors (Lipinski definition) is 0. The summed E-state index contributed by atoms with van der Waals surface area (Å²) in [6, 6.07) is 38.1. The van der Waals surface area contributed by atoms with E-state index in [1.807, 2.05) is 66.7 Å². The number of nitrogens with zero attached hydrogens (tertiary/aromatic N) is 3. The highest BCUT2D eigenvalue weighted by Crippen LogP contribution is 2.40. The molecule has 0 saturated heterocycles. The molecule has 2 heterocycles. The molecule has 47 heavy (non-hydrogen) atoms. The van der Waals surface area contributed by atoms with Gasteiger partial charge in [-0.3, -0.25) is 0 Å². The van der Waals surface area contributed by atoms with Crippen LogP contribution in [0.25, 0.3) is 87.4 Å². The minimum absolute atomic E-state index is 0.0691. The number of aromatic nitrogens is 3. The number of thiophene rings is 1. The summed E-state index contributed by atoms with van der Waals surface area (Å²) in [5, 5.41) is 2.81. The first-order chi connectivity index (χ1) is 26.2. The lowest BCUT2D eigenvalue weighted by Crippen LogP contribution is -2.00. The number of rotatable bonds is 5. The lowest BCUT2D eigenvalue weighted by molar-refractivity contribution is 1.08. The van der Waals surface area contributed by atoms with E-state index in [0.29, 0.717) is 22.8 Å². The van der Waals surface area contributed by atoms with Gasteiger partial charge >= 0.3 is 0 Å². The quantitative estimate of drug-likeness (QED) is 0.191. The van der Waals surface area contributed by atoms with Crippen LogP contribution in [0.1, 0.15) is 9.60 Å². The van der Waals surface area contributed by atoms with Crippen LogP contribution in [0, 0.1) is 0 Å². The molecule has 0 unspecified atom stereocenters. The molecular formula is C43H27N3S. The van der Waals surface area contributed by atoms with Gasteiger partial charge in [0.25, 0.3) is 0 Å². The topological polar surface area (TPSA) is 38.7 Å². The van der Waals surface area contributed by atoms with Crippen LogP contribution < -0.4 is 0 Å². The summed E-state index contributed by atoms with van der Waals surface area (Å²) in [5.74, 6) is 0.722. The molecule has 0 aliphatic carbocycles. The Kier molecular flexibility index (Phi) is 5.09. The molecule has 220 valence electrons. The Bertz CT molecular complexity index is 2970. The van der Waals surface area contributed by atoms with Crippen LogP contribution in [-0.4, -0.2) is 15.0 Å². The molecule has 4 heteroatoms. The van der Waals surface area contributed by atoms with E-state index in [4.69, 9.17) is 24.5 Å². The van der Waals surface area contributed by atoms with Crippen molar-refractivity contribution in [2.24, 2.45) is 0 Å². The van der Waals surface area contributed by atoms with Gasteiger partial charge in [0.05, 0.1) is 9.60 Å². The van der Waals surface area contributed by atoms with Gasteiger partial charge in [0.15, 0.2) is 17.5 Å². The lowest BCUT2D eigenvalue weighted by atomic mass is 9.97. The summed E-state index contributed by atoms with van der Waals surface area (Å²) in [5.41, 5.74) is 5.68. The Morgan fingerprint density at radius 3 is 1.87 bits per heavy atom. The molecular weight excluding hydrogens is 591 g/mol. The van der Waals surface area contributed by atoms with Gasteiger partial charge in [-0.25, -0.2) is 15.0 Å². The fraction of sp³-hybridized carbons (Fsp3) is 0. The number of fused-ring (bicyclic) bond motifs is 4. The first-order valence-electron chi connectivity index (χ1n) is 18.6. The molecule has 0 N–H and O–H groups in total. The van der Waals surface area contributed by atoms with Gasteiger partial charge in [0, 0.05) is 36.9 Å². The van der Waals surface area contributed by atoms with Crippen LogP contribution in [0.2, 0.25) is 0 Å². The molecule has 0 amide bonds. The van der Waals surface area contributed by atoms with Crippen LogP contribution in [0.15, 0.2) is 164 Å². The highest BCUT2D eigenvalue weighted by Gasteiger charge is 2.17. The molecule has 0 atom stereocenters. The molecule has 0 radical (unpaired) electrons. The maximum absolute atomic E-state index is 9.11. The molecule has 0 aliphatic rings. The first-order valence-corrected chi connectivity index (χ1v) is 15.9. The standard InChI is InChI=1S/C43H27N3S/c1-2-11-31(12-3-1)41-44-42(46-43(45-41)37-17-9-19-39-40(37)36-16-6-7-18-38(36)47-39)35-15-8-14-33(27-35)29-20-22-30(23-21-29)34-25-24-28-10-4-5-13-32(28)26-34/h1-27H/i6D,7D,9D,16D,17D,18D,19D. The van der Waals surface area contributed by atoms with Crippen molar-refractivity contribution in [1.82, 2.24) is 15.0 Å². The molecule has 0 saturated carbocycles. The SMILES string of the molecule is [2H]c1c([2H])c([2H])c2c(sc3c([2H])c([2H])c([2H])c(-c4nc(-c5ccccc5)nc(-c5cccc(-c6ccc(-c7ccc8ccccc8c7)cc6)c5)n4)c32)c1[2H]. The second kappa shape index (κ2) is 11.4. The normalized spacial score (nSPS) is 13.5. The molecule has 2 aromatic heterocycles. The Labute approximate surface area is 286 Å². The van der Waals surface area contributed by atoms with Gasteiger partial charge < -0.3 is 0 Å². The molecule has 9 aromatic rings. The fourth-order valence-electron chi connectivity index (χ4n) is 5.92. The third-order valence-electron chi connectivity index (χ3n) is 8.26. The summed E-state index contributed by atoms with van der Waals surface area (Å²) in [6.07, 6.45) is 0. The zero-order chi connectivity index (χ0) is 37.2. The number of benzene rings is 7. The van der Waals surface area contributed by atoms with E-state index in [1.54, 1.807) is 0 Å². The largest absolute Gasteiger partial charge is 0.208 e. The highest BCUT2D eigenvalue weighted by molar-refractivity contribution is 7.25. The lowest BCUT2D eigenvalue weighted by Gasteiger charge is -2.11. The first kappa shape index (κ1) is 20.9. The molecule has 0 fully saturated rings. The third kappa shape index (κ3) is 5.05. The highest BCUT2D eigenvalue weighted by atomic mass is 32.1. The van der Waals surface area contributed by atoms with Crippen LogP contribution in [0.3, 0.4) is 0 Å². The second-order valence-corrected chi connectivity index (χ2v) is 12.2. The summed E-state index contributed by atoms with van der Waals surface area (Å²) in [7, 11) is 0. The Hall–Kier alpha value is -5.97. The van der Waals surface area contributed by atoms with Crippen LogP contribution in [0.5, 0.6) is 0 Å². The van der Waals surface area contributed by atoms with Crippen molar-refractivity contribution in [3.05, 3.63) is 164 Å². The van der Waals surface area contributed by atoms with Gasteiger partial charge in [0.1, 0.15) is 0 Å². The Balaban J connectivity index is 1.21. The molecule has 0 spiro atoms. The van der Waals surface area contributed by atoms with E-state index in [2.05, 4.69) is 54.6 Å². The predicted octanol–water partition coefficient (Wildman–Crippen LogP) is 11.7. The fourth-order valence-corrected chi connectivity index (χ4v) is 6.89. The van der Waals surface area contributed by atoms with E-state index < -0.39 is 6.04 Å². The monoisotopic (exact) mass is 624 g/mol.